The molecule has 2 aliphatic heterocycles. The molecule has 0 saturated carbocycles. The lowest BCUT2D eigenvalue weighted by Gasteiger charge is -2.38. The van der Waals surface area contributed by atoms with Crippen LogP contribution in [0.25, 0.3) is 11.1 Å². The summed E-state index contributed by atoms with van der Waals surface area (Å²) in [5.74, 6) is 2.54. The van der Waals surface area contributed by atoms with Crippen LogP contribution in [-0.2, 0) is 0 Å². The molecule has 34 heavy (non-hydrogen) atoms. The van der Waals surface area contributed by atoms with E-state index >= 15 is 0 Å². The summed E-state index contributed by atoms with van der Waals surface area (Å²) in [5.41, 5.74) is 5.23. The van der Waals surface area contributed by atoms with Crippen molar-refractivity contribution in [2.75, 3.05) is 33.4 Å². The van der Waals surface area contributed by atoms with Crippen molar-refractivity contribution in [2.45, 2.75) is 32.3 Å². The van der Waals surface area contributed by atoms with Gasteiger partial charge in [0.1, 0.15) is 29.5 Å². The Morgan fingerprint density at radius 3 is 2.26 bits per heavy atom. The van der Waals surface area contributed by atoms with Gasteiger partial charge in [-0.05, 0) is 75.2 Å². The van der Waals surface area contributed by atoms with Gasteiger partial charge in [0.2, 0.25) is 0 Å². The van der Waals surface area contributed by atoms with E-state index in [-0.39, 0.29) is 0 Å². The van der Waals surface area contributed by atoms with Crippen molar-refractivity contribution in [3.8, 4) is 17.2 Å². The number of benzene rings is 3. The van der Waals surface area contributed by atoms with E-state index < -0.39 is 5.60 Å². The molecule has 0 bridgehead atoms. The summed E-state index contributed by atoms with van der Waals surface area (Å²) in [5, 5.41) is 0. The average Bonchev–Trinajstić information content (AvgIpc) is 3.37. The highest BCUT2D eigenvalue weighted by Gasteiger charge is 2.36. The number of ether oxygens (including phenoxy) is 3. The molecular weight excluding hydrogens is 422 g/mol. The molecule has 0 spiro atoms. The quantitative estimate of drug-likeness (QED) is 0.418. The van der Waals surface area contributed by atoms with Gasteiger partial charge in [0, 0.05) is 29.3 Å². The molecule has 4 heteroatoms. The molecular formula is C30H33NO3. The lowest BCUT2D eigenvalue weighted by atomic mass is 9.79. The minimum atomic E-state index is -0.513. The summed E-state index contributed by atoms with van der Waals surface area (Å²) < 4.78 is 18.1. The van der Waals surface area contributed by atoms with E-state index in [0.717, 1.165) is 47.1 Å². The van der Waals surface area contributed by atoms with Gasteiger partial charge >= 0.3 is 0 Å². The van der Waals surface area contributed by atoms with E-state index in [1.807, 2.05) is 18.2 Å². The van der Waals surface area contributed by atoms with Gasteiger partial charge in [0.25, 0.3) is 0 Å². The van der Waals surface area contributed by atoms with Gasteiger partial charge in [-0.25, -0.2) is 0 Å². The molecule has 0 aliphatic carbocycles. The first-order valence-electron chi connectivity index (χ1n) is 12.2. The van der Waals surface area contributed by atoms with Crippen LogP contribution in [0.3, 0.4) is 0 Å². The van der Waals surface area contributed by atoms with Gasteiger partial charge in [-0.15, -0.1) is 0 Å². The van der Waals surface area contributed by atoms with Crippen LogP contribution in [0.4, 0.5) is 0 Å². The van der Waals surface area contributed by atoms with E-state index in [1.165, 1.54) is 37.1 Å². The largest absolute Gasteiger partial charge is 0.497 e. The van der Waals surface area contributed by atoms with Crippen molar-refractivity contribution >= 4 is 11.1 Å². The minimum absolute atomic E-state index is 0.513. The average molecular weight is 456 g/mol. The highest BCUT2D eigenvalue weighted by molar-refractivity contribution is 6.04. The van der Waals surface area contributed by atoms with Gasteiger partial charge in [-0.1, -0.05) is 42.5 Å². The van der Waals surface area contributed by atoms with Crippen molar-refractivity contribution in [1.29, 1.82) is 0 Å². The Morgan fingerprint density at radius 1 is 0.853 bits per heavy atom. The Balaban J connectivity index is 1.52. The van der Waals surface area contributed by atoms with Crippen LogP contribution >= 0.6 is 0 Å². The van der Waals surface area contributed by atoms with Gasteiger partial charge in [-0.2, -0.15) is 0 Å². The molecule has 4 nitrogen and oxygen atoms in total. The smallest absolute Gasteiger partial charge is 0.132 e. The lowest BCUT2D eigenvalue weighted by Crippen LogP contribution is -2.34. The maximum Gasteiger partial charge on any atom is 0.132 e. The summed E-state index contributed by atoms with van der Waals surface area (Å²) in [4.78, 5) is 2.47. The third kappa shape index (κ3) is 4.55. The maximum absolute atomic E-state index is 6.54. The Bertz CT molecular complexity index is 1160. The zero-order valence-corrected chi connectivity index (χ0v) is 20.3. The normalized spacial score (nSPS) is 17.3. The van der Waals surface area contributed by atoms with Gasteiger partial charge < -0.3 is 14.2 Å². The Morgan fingerprint density at radius 2 is 1.56 bits per heavy atom. The number of hydrogen-bond donors (Lipinski definition) is 0. The van der Waals surface area contributed by atoms with E-state index in [0.29, 0.717) is 0 Å². The summed E-state index contributed by atoms with van der Waals surface area (Å²) in [6.45, 7) is 8.37. The second kappa shape index (κ2) is 9.55. The van der Waals surface area contributed by atoms with Crippen LogP contribution in [0.1, 0.15) is 43.4 Å². The first kappa shape index (κ1) is 22.5. The molecule has 0 N–H and O–H groups in total. The molecule has 2 heterocycles. The minimum Gasteiger partial charge on any atom is -0.497 e. The highest BCUT2D eigenvalue weighted by atomic mass is 16.5. The van der Waals surface area contributed by atoms with E-state index in [4.69, 9.17) is 14.2 Å². The Hall–Kier alpha value is -3.24. The van der Waals surface area contributed by atoms with Crippen molar-refractivity contribution in [1.82, 2.24) is 4.90 Å². The molecule has 5 rings (SSSR count). The molecule has 3 aromatic carbocycles. The first-order valence-corrected chi connectivity index (χ1v) is 12.2. The molecule has 0 unspecified atom stereocenters. The predicted molar refractivity (Wildman–Crippen MR) is 138 cm³/mol. The van der Waals surface area contributed by atoms with Crippen LogP contribution in [0, 0.1) is 0 Å². The number of fused-ring (bicyclic) bond motifs is 1. The molecule has 0 aromatic heterocycles. The summed E-state index contributed by atoms with van der Waals surface area (Å²) >= 11 is 0. The summed E-state index contributed by atoms with van der Waals surface area (Å²) in [7, 11) is 1.68. The predicted octanol–water partition coefficient (Wildman–Crippen LogP) is 6.30. The van der Waals surface area contributed by atoms with Crippen molar-refractivity contribution in [2.24, 2.45) is 0 Å². The molecule has 1 saturated heterocycles. The third-order valence-electron chi connectivity index (χ3n) is 6.76. The second-order valence-corrected chi connectivity index (χ2v) is 9.51. The topological polar surface area (TPSA) is 30.9 Å². The van der Waals surface area contributed by atoms with Crippen LogP contribution in [-0.4, -0.2) is 43.9 Å². The van der Waals surface area contributed by atoms with Crippen molar-refractivity contribution in [3.63, 3.8) is 0 Å². The Kier molecular flexibility index (Phi) is 6.34. The highest BCUT2D eigenvalue weighted by Crippen LogP contribution is 2.48. The van der Waals surface area contributed by atoms with Crippen LogP contribution < -0.4 is 14.2 Å². The molecule has 2 aliphatic rings. The fraction of sp³-hybridized carbons (Fsp3) is 0.333. The fourth-order valence-electron chi connectivity index (χ4n) is 5.10. The molecule has 0 amide bonds. The second-order valence-electron chi connectivity index (χ2n) is 9.51. The zero-order valence-electron chi connectivity index (χ0n) is 20.3. The molecule has 1 fully saturated rings. The number of methoxy groups -OCH3 is 1. The van der Waals surface area contributed by atoms with Crippen LogP contribution in [0.15, 0.2) is 72.8 Å². The van der Waals surface area contributed by atoms with E-state index in [9.17, 15) is 0 Å². The lowest BCUT2D eigenvalue weighted by molar-refractivity contribution is 0.168. The van der Waals surface area contributed by atoms with E-state index in [1.54, 1.807) is 7.11 Å². The maximum atomic E-state index is 6.54. The van der Waals surface area contributed by atoms with Crippen LogP contribution in [0.5, 0.6) is 17.2 Å². The van der Waals surface area contributed by atoms with Gasteiger partial charge in [-0.3, -0.25) is 4.90 Å². The molecule has 176 valence electrons. The van der Waals surface area contributed by atoms with Gasteiger partial charge in [0.05, 0.1) is 7.11 Å². The zero-order chi connectivity index (χ0) is 23.5. The SMILES string of the molecule is COc1ccc2c(c1)OC(C)(C)C(c1ccccc1)=C2c1ccc(OCCN2CCCC2)cc1. The number of hydrogen-bond acceptors (Lipinski definition) is 4. The van der Waals surface area contributed by atoms with Crippen molar-refractivity contribution in [3.05, 3.63) is 89.5 Å². The number of likely N-dealkylation sites (tertiary alicyclic amines) is 1. The third-order valence-corrected chi connectivity index (χ3v) is 6.76. The number of nitrogens with zero attached hydrogens (tertiary/aromatic N) is 1. The first-order chi connectivity index (χ1) is 16.5. The monoisotopic (exact) mass is 455 g/mol. The van der Waals surface area contributed by atoms with E-state index in [2.05, 4.69) is 73.3 Å². The van der Waals surface area contributed by atoms with Crippen LogP contribution in [0.2, 0.25) is 0 Å². The van der Waals surface area contributed by atoms with Crippen molar-refractivity contribution < 1.29 is 14.2 Å². The van der Waals surface area contributed by atoms with Gasteiger partial charge in [0.15, 0.2) is 0 Å². The number of rotatable bonds is 7. The molecule has 0 radical (unpaired) electrons. The summed E-state index contributed by atoms with van der Waals surface area (Å²) in [6, 6.07) is 25.1. The molecule has 0 atom stereocenters. The summed E-state index contributed by atoms with van der Waals surface area (Å²) in [6.07, 6.45) is 2.61. The Labute approximate surface area is 202 Å². The fourth-order valence-corrected chi connectivity index (χ4v) is 5.10. The standard InChI is InChI=1S/C30H33NO3/c1-30(2)29(23-9-5-4-6-10-23)28(26-16-15-25(32-3)21-27(26)34-30)22-11-13-24(14-12-22)33-20-19-31-17-7-8-18-31/h4-6,9-16,21H,7-8,17-20H2,1-3H3. The molecule has 3 aromatic rings.